The molecule has 0 saturated heterocycles. The molecule has 4 rings (SSSR count). The Morgan fingerprint density at radius 1 is 1.04 bits per heavy atom. The third kappa shape index (κ3) is 3.01. The average molecular weight is 364 g/mol. The topological polar surface area (TPSA) is 73.8 Å². The van der Waals surface area contributed by atoms with E-state index in [1.807, 2.05) is 49.4 Å². The fraction of sp³-hybridized carbons (Fsp3) is 0.158. The Balaban J connectivity index is 1.88. The average Bonchev–Trinajstić information content (AvgIpc) is 3.06. The summed E-state index contributed by atoms with van der Waals surface area (Å²) in [6.45, 7) is 3.75. The molecule has 26 heavy (non-hydrogen) atoms. The summed E-state index contributed by atoms with van der Waals surface area (Å²) in [5, 5.41) is 4.99. The van der Waals surface area contributed by atoms with Crippen LogP contribution in [0, 0.1) is 13.8 Å². The van der Waals surface area contributed by atoms with Gasteiger partial charge in [0.1, 0.15) is 0 Å². The molecule has 7 heteroatoms. The van der Waals surface area contributed by atoms with E-state index in [1.165, 1.54) is 11.8 Å². The van der Waals surface area contributed by atoms with Crippen molar-refractivity contribution in [2.45, 2.75) is 24.8 Å². The monoisotopic (exact) mass is 364 g/mol. The summed E-state index contributed by atoms with van der Waals surface area (Å²) in [4.78, 5) is 22.1. The highest BCUT2D eigenvalue weighted by Gasteiger charge is 2.15. The molecule has 0 N–H and O–H groups in total. The van der Waals surface area contributed by atoms with Crippen LogP contribution in [-0.4, -0.2) is 19.7 Å². The second-order valence-electron chi connectivity index (χ2n) is 5.86. The van der Waals surface area contributed by atoms with E-state index in [-0.39, 0.29) is 5.56 Å². The molecule has 2 aromatic heterocycles. The number of hydrogen-bond acceptors (Lipinski definition) is 6. The molecular formula is C19H16N4O2S. The van der Waals surface area contributed by atoms with Crippen LogP contribution in [0.1, 0.15) is 17.3 Å². The van der Waals surface area contributed by atoms with Crippen LogP contribution in [0.25, 0.3) is 16.6 Å². The van der Waals surface area contributed by atoms with Gasteiger partial charge in [-0.1, -0.05) is 47.3 Å². The molecule has 0 fully saturated rings. The van der Waals surface area contributed by atoms with Crippen molar-refractivity contribution in [2.75, 3.05) is 0 Å². The largest absolute Gasteiger partial charge is 0.338 e. The second kappa shape index (κ2) is 6.76. The molecule has 0 radical (unpaired) electrons. The second-order valence-corrected chi connectivity index (χ2v) is 6.81. The van der Waals surface area contributed by atoms with Gasteiger partial charge in [-0.05, 0) is 37.6 Å². The fourth-order valence-corrected chi connectivity index (χ4v) is 3.60. The standard InChI is InChI=1S/C19H16N4O2S/c1-12-7-3-6-10-16(12)23-18(24)14-8-4-5-9-15(14)21-19(23)26-11-17-20-13(2)22-25-17/h3-10H,11H2,1-2H3. The van der Waals surface area contributed by atoms with Gasteiger partial charge < -0.3 is 4.52 Å². The highest BCUT2D eigenvalue weighted by atomic mass is 32.2. The molecular weight excluding hydrogens is 348 g/mol. The van der Waals surface area contributed by atoms with E-state index >= 15 is 0 Å². The lowest BCUT2D eigenvalue weighted by molar-refractivity contribution is 0.387. The quantitative estimate of drug-likeness (QED) is 0.406. The molecule has 4 aromatic rings. The van der Waals surface area contributed by atoms with Gasteiger partial charge in [0.15, 0.2) is 11.0 Å². The summed E-state index contributed by atoms with van der Waals surface area (Å²) in [7, 11) is 0. The summed E-state index contributed by atoms with van der Waals surface area (Å²) in [5.74, 6) is 1.53. The maximum absolute atomic E-state index is 13.2. The molecule has 0 aliphatic heterocycles. The van der Waals surface area contributed by atoms with Gasteiger partial charge in [-0.25, -0.2) is 4.98 Å². The van der Waals surface area contributed by atoms with E-state index in [1.54, 1.807) is 17.6 Å². The summed E-state index contributed by atoms with van der Waals surface area (Å²) in [6, 6.07) is 15.1. The van der Waals surface area contributed by atoms with E-state index in [9.17, 15) is 4.79 Å². The molecule has 0 aliphatic rings. The maximum Gasteiger partial charge on any atom is 0.266 e. The molecule has 0 bridgehead atoms. The Bertz CT molecular complexity index is 1150. The Morgan fingerprint density at radius 3 is 2.58 bits per heavy atom. The molecule has 0 atom stereocenters. The van der Waals surface area contributed by atoms with Crippen molar-refractivity contribution in [3.8, 4) is 5.69 Å². The minimum atomic E-state index is -0.0888. The first-order chi connectivity index (χ1) is 12.6. The van der Waals surface area contributed by atoms with Gasteiger partial charge in [0.25, 0.3) is 5.56 Å². The van der Waals surface area contributed by atoms with E-state index in [0.717, 1.165) is 11.3 Å². The van der Waals surface area contributed by atoms with Gasteiger partial charge in [-0.2, -0.15) is 4.98 Å². The van der Waals surface area contributed by atoms with E-state index in [0.29, 0.717) is 33.5 Å². The molecule has 0 spiro atoms. The summed E-state index contributed by atoms with van der Waals surface area (Å²) in [5.41, 5.74) is 2.41. The van der Waals surface area contributed by atoms with Crippen LogP contribution in [0.4, 0.5) is 0 Å². The lowest BCUT2D eigenvalue weighted by Gasteiger charge is -2.14. The van der Waals surface area contributed by atoms with Crippen LogP contribution >= 0.6 is 11.8 Å². The van der Waals surface area contributed by atoms with Crippen molar-refractivity contribution in [1.82, 2.24) is 19.7 Å². The first kappa shape index (κ1) is 16.5. The number of para-hydroxylation sites is 2. The van der Waals surface area contributed by atoms with E-state index < -0.39 is 0 Å². The number of rotatable bonds is 4. The SMILES string of the molecule is Cc1noc(CSc2nc3ccccc3c(=O)n2-c2ccccc2C)n1. The first-order valence-corrected chi connectivity index (χ1v) is 9.12. The third-order valence-corrected chi connectivity index (χ3v) is 4.92. The van der Waals surface area contributed by atoms with E-state index in [4.69, 9.17) is 9.51 Å². The number of hydrogen-bond donors (Lipinski definition) is 0. The number of benzene rings is 2. The van der Waals surface area contributed by atoms with Crippen LogP contribution in [0.3, 0.4) is 0 Å². The Hall–Kier alpha value is -2.93. The predicted molar refractivity (Wildman–Crippen MR) is 101 cm³/mol. The number of aromatic nitrogens is 4. The van der Waals surface area contributed by atoms with Gasteiger partial charge in [0, 0.05) is 0 Å². The van der Waals surface area contributed by atoms with Gasteiger partial charge in [0.05, 0.1) is 22.3 Å². The van der Waals surface area contributed by atoms with Crippen LogP contribution in [-0.2, 0) is 5.75 Å². The van der Waals surface area contributed by atoms with Crippen molar-refractivity contribution >= 4 is 22.7 Å². The van der Waals surface area contributed by atoms with Crippen molar-refractivity contribution in [3.63, 3.8) is 0 Å². The summed E-state index contributed by atoms with van der Waals surface area (Å²) < 4.78 is 6.83. The third-order valence-electron chi connectivity index (χ3n) is 4.00. The zero-order valence-corrected chi connectivity index (χ0v) is 15.2. The molecule has 0 aliphatic carbocycles. The Labute approximate surface area is 153 Å². The number of thioether (sulfide) groups is 1. The smallest absolute Gasteiger partial charge is 0.266 e. The maximum atomic E-state index is 13.2. The van der Waals surface area contributed by atoms with Crippen molar-refractivity contribution in [3.05, 3.63) is 76.2 Å². The summed E-state index contributed by atoms with van der Waals surface area (Å²) >= 11 is 1.40. The minimum absolute atomic E-state index is 0.0888. The van der Waals surface area contributed by atoms with Crippen molar-refractivity contribution in [1.29, 1.82) is 0 Å². The minimum Gasteiger partial charge on any atom is -0.338 e. The Morgan fingerprint density at radius 2 is 1.81 bits per heavy atom. The number of aryl methyl sites for hydroxylation is 2. The first-order valence-electron chi connectivity index (χ1n) is 8.13. The van der Waals surface area contributed by atoms with Crippen molar-refractivity contribution < 1.29 is 4.52 Å². The Kier molecular flexibility index (Phi) is 4.30. The van der Waals surface area contributed by atoms with Crippen LogP contribution in [0.15, 0.2) is 63.0 Å². The molecule has 2 heterocycles. The van der Waals surface area contributed by atoms with Gasteiger partial charge in [0.2, 0.25) is 5.89 Å². The predicted octanol–water partition coefficient (Wildman–Crippen LogP) is 3.68. The highest BCUT2D eigenvalue weighted by Crippen LogP contribution is 2.25. The van der Waals surface area contributed by atoms with Crippen LogP contribution in [0.5, 0.6) is 0 Å². The molecule has 6 nitrogen and oxygen atoms in total. The fourth-order valence-electron chi connectivity index (χ4n) is 2.76. The van der Waals surface area contributed by atoms with Gasteiger partial charge in [-0.15, -0.1) is 0 Å². The lowest BCUT2D eigenvalue weighted by atomic mass is 10.2. The van der Waals surface area contributed by atoms with Crippen LogP contribution < -0.4 is 5.56 Å². The zero-order valence-electron chi connectivity index (χ0n) is 14.3. The molecule has 0 amide bonds. The molecule has 2 aromatic carbocycles. The molecule has 0 saturated carbocycles. The number of fused-ring (bicyclic) bond motifs is 1. The summed E-state index contributed by atoms with van der Waals surface area (Å²) in [6.07, 6.45) is 0. The number of nitrogens with zero attached hydrogens (tertiary/aromatic N) is 4. The highest BCUT2D eigenvalue weighted by molar-refractivity contribution is 7.98. The molecule has 0 unspecified atom stereocenters. The van der Waals surface area contributed by atoms with Crippen LogP contribution in [0.2, 0.25) is 0 Å². The van der Waals surface area contributed by atoms with Gasteiger partial charge >= 0.3 is 0 Å². The molecule has 130 valence electrons. The van der Waals surface area contributed by atoms with Crippen molar-refractivity contribution in [2.24, 2.45) is 0 Å². The van der Waals surface area contributed by atoms with E-state index in [2.05, 4.69) is 10.1 Å². The lowest BCUT2D eigenvalue weighted by Crippen LogP contribution is -2.22. The van der Waals surface area contributed by atoms with Gasteiger partial charge in [-0.3, -0.25) is 9.36 Å². The normalized spacial score (nSPS) is 11.2. The zero-order chi connectivity index (χ0) is 18.1.